The number of likely N-dealkylation sites (tertiary alicyclic amines) is 1. The molecule has 2 amide bonds. The van der Waals surface area contributed by atoms with Gasteiger partial charge in [-0.2, -0.15) is 0 Å². The first kappa shape index (κ1) is 15.4. The molecule has 0 spiro atoms. The van der Waals surface area contributed by atoms with Gasteiger partial charge in [-0.1, -0.05) is 17.7 Å². The summed E-state index contributed by atoms with van der Waals surface area (Å²) in [5.74, 6) is 0.812. The molecule has 1 aromatic carbocycles. The van der Waals surface area contributed by atoms with E-state index in [0.29, 0.717) is 25.9 Å². The van der Waals surface area contributed by atoms with Crippen LogP contribution in [-0.4, -0.2) is 43.5 Å². The molecule has 1 N–H and O–H groups in total. The Labute approximate surface area is 125 Å². The molecule has 0 aliphatic carbocycles. The van der Waals surface area contributed by atoms with Crippen molar-refractivity contribution in [3.8, 4) is 5.75 Å². The number of nitrogens with zero attached hydrogens (tertiary/aromatic N) is 1. The highest BCUT2D eigenvalue weighted by Gasteiger charge is 2.21. The number of carbonyl (C=O) groups excluding carboxylic acids is 2. The second kappa shape index (κ2) is 7.11. The van der Waals surface area contributed by atoms with Crippen molar-refractivity contribution in [1.82, 2.24) is 10.2 Å². The van der Waals surface area contributed by atoms with Gasteiger partial charge in [-0.25, -0.2) is 0 Å². The number of hydrogen-bond donors (Lipinski definition) is 1. The number of benzene rings is 1. The van der Waals surface area contributed by atoms with Crippen molar-refractivity contribution in [2.75, 3.05) is 26.7 Å². The highest BCUT2D eigenvalue weighted by molar-refractivity contribution is 5.85. The van der Waals surface area contributed by atoms with Crippen LogP contribution in [-0.2, 0) is 16.0 Å². The third-order valence-corrected chi connectivity index (χ3v) is 3.66. The van der Waals surface area contributed by atoms with E-state index in [9.17, 15) is 9.59 Å². The lowest BCUT2D eigenvalue weighted by atomic mass is 10.1. The Morgan fingerprint density at radius 3 is 2.90 bits per heavy atom. The second-order valence-corrected chi connectivity index (χ2v) is 5.33. The zero-order chi connectivity index (χ0) is 15.2. The minimum absolute atomic E-state index is 0.0745. The van der Waals surface area contributed by atoms with Crippen LogP contribution < -0.4 is 10.1 Å². The first-order valence-corrected chi connectivity index (χ1v) is 7.28. The maximum absolute atomic E-state index is 11.8. The topological polar surface area (TPSA) is 58.6 Å². The Kier molecular flexibility index (Phi) is 5.20. The monoisotopic (exact) mass is 290 g/mol. The molecule has 0 saturated carbocycles. The van der Waals surface area contributed by atoms with Gasteiger partial charge in [0.15, 0.2) is 0 Å². The molecule has 1 fully saturated rings. The average Bonchev–Trinajstić information content (AvgIpc) is 2.84. The van der Waals surface area contributed by atoms with Crippen molar-refractivity contribution in [2.45, 2.75) is 26.2 Å². The van der Waals surface area contributed by atoms with Crippen LogP contribution in [0, 0.1) is 6.92 Å². The molecule has 0 unspecified atom stereocenters. The van der Waals surface area contributed by atoms with E-state index in [0.717, 1.165) is 17.7 Å². The summed E-state index contributed by atoms with van der Waals surface area (Å²) in [5, 5.41) is 2.86. The molecule has 1 aromatic rings. The van der Waals surface area contributed by atoms with Gasteiger partial charge in [0.25, 0.3) is 0 Å². The summed E-state index contributed by atoms with van der Waals surface area (Å²) in [6.07, 6.45) is 2.13. The fourth-order valence-corrected chi connectivity index (χ4v) is 2.54. The van der Waals surface area contributed by atoms with Crippen molar-refractivity contribution in [3.05, 3.63) is 29.3 Å². The van der Waals surface area contributed by atoms with Crippen LogP contribution in [0.1, 0.15) is 24.0 Å². The minimum atomic E-state index is -0.100. The number of rotatable bonds is 6. The lowest BCUT2D eigenvalue weighted by molar-refractivity contribution is -0.133. The molecule has 21 heavy (non-hydrogen) atoms. The van der Waals surface area contributed by atoms with Crippen LogP contribution in [0.5, 0.6) is 5.75 Å². The zero-order valence-electron chi connectivity index (χ0n) is 12.6. The SMILES string of the molecule is COc1ccc(C)cc1CCNC(=O)CN1CCCC1=O. The third kappa shape index (κ3) is 4.21. The van der Waals surface area contributed by atoms with Gasteiger partial charge >= 0.3 is 0 Å². The average molecular weight is 290 g/mol. The van der Waals surface area contributed by atoms with E-state index in [1.165, 1.54) is 5.56 Å². The molecule has 114 valence electrons. The second-order valence-electron chi connectivity index (χ2n) is 5.33. The summed E-state index contributed by atoms with van der Waals surface area (Å²) in [5.41, 5.74) is 2.25. The molecule has 0 aromatic heterocycles. The number of nitrogens with one attached hydrogen (secondary N) is 1. The van der Waals surface area contributed by atoms with Crippen molar-refractivity contribution >= 4 is 11.8 Å². The van der Waals surface area contributed by atoms with Gasteiger partial charge in [-0.15, -0.1) is 0 Å². The Morgan fingerprint density at radius 1 is 1.43 bits per heavy atom. The van der Waals surface area contributed by atoms with Crippen LogP contribution >= 0.6 is 0 Å². The van der Waals surface area contributed by atoms with E-state index in [-0.39, 0.29) is 18.4 Å². The molecule has 5 heteroatoms. The summed E-state index contributed by atoms with van der Waals surface area (Å²) in [6, 6.07) is 6.00. The number of aryl methyl sites for hydroxylation is 1. The molecule has 5 nitrogen and oxygen atoms in total. The van der Waals surface area contributed by atoms with Crippen LogP contribution in [0.25, 0.3) is 0 Å². The van der Waals surface area contributed by atoms with Gasteiger partial charge in [0.05, 0.1) is 13.7 Å². The summed E-state index contributed by atoms with van der Waals surface area (Å²) >= 11 is 0. The first-order chi connectivity index (χ1) is 10.1. The molecule has 2 rings (SSSR count). The lowest BCUT2D eigenvalue weighted by Gasteiger charge is -2.15. The van der Waals surface area contributed by atoms with Crippen LogP contribution in [0.4, 0.5) is 0 Å². The summed E-state index contributed by atoms with van der Waals surface area (Å²) < 4.78 is 5.31. The van der Waals surface area contributed by atoms with E-state index in [1.807, 2.05) is 19.1 Å². The number of methoxy groups -OCH3 is 1. The maximum Gasteiger partial charge on any atom is 0.239 e. The molecule has 0 radical (unpaired) electrons. The van der Waals surface area contributed by atoms with Crippen molar-refractivity contribution in [2.24, 2.45) is 0 Å². The number of carbonyl (C=O) groups is 2. The molecular formula is C16H22N2O3. The number of amides is 2. The number of ether oxygens (including phenoxy) is 1. The van der Waals surface area contributed by atoms with Gasteiger partial charge in [0, 0.05) is 19.5 Å². The Hall–Kier alpha value is -2.04. The van der Waals surface area contributed by atoms with Crippen molar-refractivity contribution < 1.29 is 14.3 Å². The summed E-state index contributed by atoms with van der Waals surface area (Å²) in [7, 11) is 1.64. The van der Waals surface area contributed by atoms with E-state index < -0.39 is 0 Å². The summed E-state index contributed by atoms with van der Waals surface area (Å²) in [6.45, 7) is 3.43. The van der Waals surface area contributed by atoms with Crippen molar-refractivity contribution in [3.63, 3.8) is 0 Å². The third-order valence-electron chi connectivity index (χ3n) is 3.66. The van der Waals surface area contributed by atoms with Crippen LogP contribution in [0.2, 0.25) is 0 Å². The fraction of sp³-hybridized carbons (Fsp3) is 0.500. The van der Waals surface area contributed by atoms with E-state index in [4.69, 9.17) is 4.74 Å². The quantitative estimate of drug-likeness (QED) is 0.858. The normalized spacial score (nSPS) is 14.4. The minimum Gasteiger partial charge on any atom is -0.496 e. The predicted molar refractivity (Wildman–Crippen MR) is 80.3 cm³/mol. The molecular weight excluding hydrogens is 268 g/mol. The highest BCUT2D eigenvalue weighted by Crippen LogP contribution is 2.19. The first-order valence-electron chi connectivity index (χ1n) is 7.28. The van der Waals surface area contributed by atoms with E-state index in [2.05, 4.69) is 11.4 Å². The highest BCUT2D eigenvalue weighted by atomic mass is 16.5. The molecule has 1 heterocycles. The smallest absolute Gasteiger partial charge is 0.239 e. The summed E-state index contributed by atoms with van der Waals surface area (Å²) in [4.78, 5) is 24.9. The largest absolute Gasteiger partial charge is 0.496 e. The number of hydrogen-bond acceptors (Lipinski definition) is 3. The van der Waals surface area contributed by atoms with Crippen LogP contribution in [0.3, 0.4) is 0 Å². The van der Waals surface area contributed by atoms with Gasteiger partial charge in [0.2, 0.25) is 11.8 Å². The van der Waals surface area contributed by atoms with Gasteiger partial charge in [-0.3, -0.25) is 9.59 Å². The van der Waals surface area contributed by atoms with Gasteiger partial charge in [0.1, 0.15) is 5.75 Å². The van der Waals surface area contributed by atoms with Gasteiger partial charge < -0.3 is 15.0 Å². The van der Waals surface area contributed by atoms with E-state index in [1.54, 1.807) is 12.0 Å². The van der Waals surface area contributed by atoms with Crippen LogP contribution in [0.15, 0.2) is 18.2 Å². The lowest BCUT2D eigenvalue weighted by Crippen LogP contribution is -2.38. The van der Waals surface area contributed by atoms with Crippen molar-refractivity contribution in [1.29, 1.82) is 0 Å². The molecule has 0 bridgehead atoms. The van der Waals surface area contributed by atoms with E-state index >= 15 is 0 Å². The molecule has 1 aliphatic rings. The predicted octanol–water partition coefficient (Wildman–Crippen LogP) is 1.28. The molecule has 0 atom stereocenters. The standard InChI is InChI=1S/C16H22N2O3/c1-12-5-6-14(21-2)13(10-12)7-8-17-15(19)11-18-9-3-4-16(18)20/h5-6,10H,3-4,7-9,11H2,1-2H3,(H,17,19). The fourth-order valence-electron chi connectivity index (χ4n) is 2.54. The zero-order valence-corrected chi connectivity index (χ0v) is 12.6. The molecule has 1 saturated heterocycles. The maximum atomic E-state index is 11.8. The Balaban J connectivity index is 1.80. The van der Waals surface area contributed by atoms with Gasteiger partial charge in [-0.05, 0) is 31.4 Å². The molecule has 1 aliphatic heterocycles. The Morgan fingerprint density at radius 2 is 2.24 bits per heavy atom. The Bertz CT molecular complexity index is 528.